The number of likely N-dealkylation sites (tertiary alicyclic amines) is 1. The van der Waals surface area contributed by atoms with Crippen LogP contribution in [0.1, 0.15) is 19.3 Å². The molecule has 1 aliphatic heterocycles. The van der Waals surface area contributed by atoms with Crippen molar-refractivity contribution < 1.29 is 5.11 Å². The molecule has 122 valence electrons. The van der Waals surface area contributed by atoms with Gasteiger partial charge in [-0.05, 0) is 56.3 Å². The fourth-order valence-corrected chi connectivity index (χ4v) is 3.34. The Morgan fingerprint density at radius 3 is 2.74 bits per heavy atom. The number of hydrogen-bond acceptors (Lipinski definition) is 4. The Labute approximate surface area is 148 Å². The lowest BCUT2D eigenvalue weighted by molar-refractivity contribution is 0.178. The molecule has 0 radical (unpaired) electrons. The van der Waals surface area contributed by atoms with E-state index in [4.69, 9.17) is 18.0 Å². The molecule has 1 fully saturated rings. The van der Waals surface area contributed by atoms with Crippen LogP contribution in [0.5, 0.6) is 5.88 Å². The predicted molar refractivity (Wildman–Crippen MR) is 98.0 cm³/mol. The van der Waals surface area contributed by atoms with Gasteiger partial charge in [-0.25, -0.2) is 0 Å². The molecule has 6 nitrogen and oxygen atoms in total. The number of rotatable bonds is 3. The molecule has 1 aromatic carbocycles. The first-order valence-corrected chi connectivity index (χ1v) is 8.70. The number of aromatic nitrogens is 1. The first-order chi connectivity index (χ1) is 11.1. The van der Waals surface area contributed by atoms with Crippen molar-refractivity contribution in [2.75, 3.05) is 13.1 Å². The minimum atomic E-state index is -0.0590. The van der Waals surface area contributed by atoms with Crippen molar-refractivity contribution in [3.05, 3.63) is 22.7 Å². The lowest BCUT2D eigenvalue weighted by Gasteiger charge is -2.27. The molecular formula is C15H18BrN5OS. The molecule has 2 heterocycles. The molecule has 0 atom stereocenters. The van der Waals surface area contributed by atoms with Gasteiger partial charge in [0.15, 0.2) is 5.69 Å². The molecule has 8 heteroatoms. The normalized spacial score (nSPS) is 16.4. The number of thiocarbonyl (C=S) groups is 1. The van der Waals surface area contributed by atoms with Crippen molar-refractivity contribution in [2.24, 2.45) is 16.0 Å². The summed E-state index contributed by atoms with van der Waals surface area (Å²) in [7, 11) is 0. The van der Waals surface area contributed by atoms with Crippen molar-refractivity contribution in [1.29, 1.82) is 0 Å². The third-order valence-electron chi connectivity index (χ3n) is 4.01. The maximum atomic E-state index is 10.6. The van der Waals surface area contributed by atoms with Gasteiger partial charge in [-0.3, -0.25) is 9.47 Å². The Morgan fingerprint density at radius 1 is 1.30 bits per heavy atom. The van der Waals surface area contributed by atoms with Crippen LogP contribution in [0.3, 0.4) is 0 Å². The van der Waals surface area contributed by atoms with E-state index in [1.807, 2.05) is 22.8 Å². The summed E-state index contributed by atoms with van der Waals surface area (Å²) in [6.45, 7) is 2.71. The highest BCUT2D eigenvalue weighted by molar-refractivity contribution is 9.10. The highest BCUT2D eigenvalue weighted by atomic mass is 79.9. The van der Waals surface area contributed by atoms with E-state index in [1.165, 1.54) is 19.3 Å². The Hall–Kier alpha value is -1.51. The topological polar surface area (TPSA) is 79.1 Å². The third kappa shape index (κ3) is 3.54. The average Bonchev–Trinajstić information content (AvgIpc) is 2.78. The van der Waals surface area contributed by atoms with Crippen LogP contribution in [-0.4, -0.2) is 32.8 Å². The second-order valence-corrected chi connectivity index (χ2v) is 6.95. The minimum absolute atomic E-state index is 0.0590. The summed E-state index contributed by atoms with van der Waals surface area (Å²) in [6.07, 6.45) is 3.66. The van der Waals surface area contributed by atoms with Gasteiger partial charge in [-0.2, -0.15) is 0 Å². The number of fused-ring (bicyclic) bond motifs is 1. The summed E-state index contributed by atoms with van der Waals surface area (Å²) in [5.41, 5.74) is 6.69. The molecule has 3 rings (SSSR count). The first kappa shape index (κ1) is 16.4. The van der Waals surface area contributed by atoms with Crippen LogP contribution in [0, 0.1) is 0 Å². The summed E-state index contributed by atoms with van der Waals surface area (Å²) < 4.78 is 2.77. The second-order valence-electron chi connectivity index (χ2n) is 5.62. The molecule has 0 spiro atoms. The molecular weight excluding hydrogens is 378 g/mol. The predicted octanol–water partition coefficient (Wildman–Crippen LogP) is 3.88. The smallest absolute Gasteiger partial charge is 0.221 e. The lowest BCUT2D eigenvalue weighted by Crippen LogP contribution is -2.31. The molecule has 0 aliphatic carbocycles. The number of halogens is 1. The van der Waals surface area contributed by atoms with Crippen LogP contribution in [0.25, 0.3) is 10.9 Å². The zero-order valence-electron chi connectivity index (χ0n) is 12.6. The zero-order chi connectivity index (χ0) is 16.4. The van der Waals surface area contributed by atoms with Gasteiger partial charge in [0.2, 0.25) is 11.0 Å². The molecule has 1 aliphatic rings. The van der Waals surface area contributed by atoms with Gasteiger partial charge in [-0.15, -0.1) is 10.2 Å². The fraction of sp³-hybridized carbons (Fsp3) is 0.400. The molecule has 0 saturated carbocycles. The fourth-order valence-electron chi connectivity index (χ4n) is 2.94. The number of nitrogens with zero attached hydrogens (tertiary/aromatic N) is 4. The zero-order valence-corrected chi connectivity index (χ0v) is 15.0. The van der Waals surface area contributed by atoms with E-state index >= 15 is 0 Å². The van der Waals surface area contributed by atoms with Crippen LogP contribution in [0.4, 0.5) is 5.69 Å². The van der Waals surface area contributed by atoms with Gasteiger partial charge in [0.05, 0.1) is 12.2 Å². The maximum absolute atomic E-state index is 10.6. The number of hydrogen-bond donors (Lipinski definition) is 2. The highest BCUT2D eigenvalue weighted by Crippen LogP contribution is 2.40. The van der Waals surface area contributed by atoms with E-state index in [-0.39, 0.29) is 11.0 Å². The Morgan fingerprint density at radius 2 is 2.04 bits per heavy atom. The quantitative estimate of drug-likeness (QED) is 0.610. The van der Waals surface area contributed by atoms with E-state index in [9.17, 15) is 5.11 Å². The van der Waals surface area contributed by atoms with E-state index < -0.39 is 0 Å². The van der Waals surface area contributed by atoms with Gasteiger partial charge in [-0.1, -0.05) is 22.4 Å². The number of azo groups is 1. The first-order valence-electron chi connectivity index (χ1n) is 7.50. The molecule has 0 amide bonds. The molecule has 2 aromatic rings. The third-order valence-corrected chi connectivity index (χ3v) is 4.59. The lowest BCUT2D eigenvalue weighted by atomic mass is 10.1. The van der Waals surface area contributed by atoms with Crippen LogP contribution in [0.15, 0.2) is 32.9 Å². The van der Waals surface area contributed by atoms with Gasteiger partial charge in [0, 0.05) is 9.86 Å². The Balaban J connectivity index is 2.05. The van der Waals surface area contributed by atoms with Crippen LogP contribution >= 0.6 is 28.1 Å². The van der Waals surface area contributed by atoms with Gasteiger partial charge in [0.1, 0.15) is 0 Å². The number of piperidine rings is 1. The molecule has 0 bridgehead atoms. The summed E-state index contributed by atoms with van der Waals surface area (Å²) in [4.78, 5) is 2.33. The van der Waals surface area contributed by atoms with Crippen LogP contribution in [0.2, 0.25) is 0 Å². The van der Waals surface area contributed by atoms with E-state index in [0.717, 1.165) is 28.5 Å². The summed E-state index contributed by atoms with van der Waals surface area (Å²) >= 11 is 8.19. The van der Waals surface area contributed by atoms with Gasteiger partial charge in [0.25, 0.3) is 0 Å². The van der Waals surface area contributed by atoms with Gasteiger partial charge >= 0.3 is 0 Å². The molecule has 3 N–H and O–H groups in total. The van der Waals surface area contributed by atoms with Crippen molar-refractivity contribution in [1.82, 2.24) is 9.47 Å². The second kappa shape index (κ2) is 6.94. The van der Waals surface area contributed by atoms with Crippen LogP contribution < -0.4 is 5.73 Å². The summed E-state index contributed by atoms with van der Waals surface area (Å²) in [6, 6.07) is 5.82. The van der Waals surface area contributed by atoms with E-state index in [1.54, 1.807) is 0 Å². The Bertz CT molecular complexity index is 767. The monoisotopic (exact) mass is 395 g/mol. The summed E-state index contributed by atoms with van der Waals surface area (Å²) in [5, 5.41) is 19.1. The Kier molecular flexibility index (Phi) is 4.93. The summed E-state index contributed by atoms with van der Waals surface area (Å²) in [5.74, 6) is 0.0867. The van der Waals surface area contributed by atoms with Crippen LogP contribution in [-0.2, 0) is 6.67 Å². The van der Waals surface area contributed by atoms with Crippen molar-refractivity contribution >= 4 is 49.9 Å². The number of aromatic hydroxyl groups is 1. The average molecular weight is 396 g/mol. The number of nitrogens with two attached hydrogens (primary N) is 1. The van der Waals surface area contributed by atoms with Gasteiger partial charge < -0.3 is 10.8 Å². The maximum Gasteiger partial charge on any atom is 0.221 e. The van der Waals surface area contributed by atoms with E-state index in [2.05, 4.69) is 31.1 Å². The van der Waals surface area contributed by atoms with Crippen molar-refractivity contribution in [2.45, 2.75) is 25.9 Å². The molecule has 1 aromatic heterocycles. The van der Waals surface area contributed by atoms with Crippen molar-refractivity contribution in [3.63, 3.8) is 0 Å². The molecule has 1 saturated heterocycles. The SMILES string of the molecule is NC(=S)N=Nc1c(O)n(CN2CCCCC2)c2ccc(Br)cc12. The van der Waals surface area contributed by atoms with E-state index in [0.29, 0.717) is 12.4 Å². The molecule has 0 unspecified atom stereocenters. The number of benzene rings is 1. The standard InChI is InChI=1S/C15H18BrN5OS/c16-10-4-5-12-11(8-10)13(18-19-15(17)23)14(22)21(12)9-20-6-2-1-3-7-20/h4-5,8,22H,1-3,6-7,9H2,(H2,17,23). The van der Waals surface area contributed by atoms with Crippen molar-refractivity contribution in [3.8, 4) is 5.88 Å². The highest BCUT2D eigenvalue weighted by Gasteiger charge is 2.20. The largest absolute Gasteiger partial charge is 0.493 e. The molecule has 23 heavy (non-hydrogen) atoms. The minimum Gasteiger partial charge on any atom is -0.493 e.